The molecule has 3 rings (SSSR count). The third-order valence-electron chi connectivity index (χ3n) is 4.41. The number of pyridine rings is 1. The number of nitrogens with zero attached hydrogens (tertiary/aromatic N) is 4. The first-order chi connectivity index (χ1) is 11.2. The molecule has 0 N–H and O–H groups in total. The number of aromatic nitrogens is 3. The fourth-order valence-electron chi connectivity index (χ4n) is 3.28. The van der Waals surface area contributed by atoms with Crippen LogP contribution in [0, 0.1) is 0 Å². The molecule has 6 nitrogen and oxygen atoms in total. The number of carbonyl (C=O) groups excluding carboxylic acids is 1. The van der Waals surface area contributed by atoms with Crippen molar-refractivity contribution in [3.63, 3.8) is 0 Å². The monoisotopic (exact) mass is 316 g/mol. The van der Waals surface area contributed by atoms with Gasteiger partial charge in [0.15, 0.2) is 5.65 Å². The number of rotatable bonds is 6. The van der Waals surface area contributed by atoms with Gasteiger partial charge >= 0.3 is 0 Å². The molecular formula is C17H24N4O2. The van der Waals surface area contributed by atoms with Crippen LogP contribution in [0.3, 0.4) is 0 Å². The highest BCUT2D eigenvalue weighted by molar-refractivity contribution is 5.77. The Morgan fingerprint density at radius 2 is 2.35 bits per heavy atom. The molecule has 1 fully saturated rings. The van der Waals surface area contributed by atoms with E-state index in [-0.39, 0.29) is 5.91 Å². The van der Waals surface area contributed by atoms with Crippen molar-refractivity contribution in [3.8, 4) is 0 Å². The number of likely N-dealkylation sites (tertiary alicyclic amines) is 1. The summed E-state index contributed by atoms with van der Waals surface area (Å²) in [4.78, 5) is 23.4. The molecule has 0 bridgehead atoms. The van der Waals surface area contributed by atoms with Gasteiger partial charge in [0, 0.05) is 38.9 Å². The van der Waals surface area contributed by atoms with E-state index in [1.165, 1.54) is 0 Å². The summed E-state index contributed by atoms with van der Waals surface area (Å²) in [5.74, 6) is 1.54. The van der Waals surface area contributed by atoms with Gasteiger partial charge in [-0.15, -0.1) is 0 Å². The standard InChI is InChI=1S/C17H24N4O2/c1-3-9-21-16(19-14-5-4-8-18-17(14)21)13-6-10-20(12-13)15(22)7-11-23-2/h4-5,8,13H,3,6-7,9-12H2,1-2H3/t13-/m1/s1. The normalized spacial score (nSPS) is 18.0. The van der Waals surface area contributed by atoms with Crippen LogP contribution in [0.25, 0.3) is 11.2 Å². The van der Waals surface area contributed by atoms with Gasteiger partial charge in [0.05, 0.1) is 13.0 Å². The zero-order valence-corrected chi connectivity index (χ0v) is 13.9. The molecule has 1 aliphatic heterocycles. The van der Waals surface area contributed by atoms with E-state index < -0.39 is 0 Å². The Kier molecular flexibility index (Phi) is 4.91. The van der Waals surface area contributed by atoms with Gasteiger partial charge in [0.25, 0.3) is 0 Å². The molecule has 0 unspecified atom stereocenters. The van der Waals surface area contributed by atoms with E-state index in [9.17, 15) is 4.79 Å². The van der Waals surface area contributed by atoms with Gasteiger partial charge in [0.2, 0.25) is 5.91 Å². The van der Waals surface area contributed by atoms with Gasteiger partial charge in [-0.1, -0.05) is 6.92 Å². The molecule has 1 atom stereocenters. The topological polar surface area (TPSA) is 60.2 Å². The molecule has 0 aliphatic carbocycles. The van der Waals surface area contributed by atoms with Crippen LogP contribution >= 0.6 is 0 Å². The summed E-state index contributed by atoms with van der Waals surface area (Å²) in [7, 11) is 1.63. The minimum Gasteiger partial charge on any atom is -0.384 e. The number of ether oxygens (including phenoxy) is 1. The first-order valence-electron chi connectivity index (χ1n) is 8.32. The number of carbonyl (C=O) groups is 1. The van der Waals surface area contributed by atoms with E-state index in [1.807, 2.05) is 23.2 Å². The van der Waals surface area contributed by atoms with Crippen molar-refractivity contribution in [2.24, 2.45) is 0 Å². The number of methoxy groups -OCH3 is 1. The molecule has 0 spiro atoms. The Balaban J connectivity index is 1.81. The Bertz CT molecular complexity index is 682. The first kappa shape index (κ1) is 15.9. The van der Waals surface area contributed by atoms with Crippen molar-refractivity contribution in [1.29, 1.82) is 0 Å². The molecule has 0 radical (unpaired) electrons. The van der Waals surface area contributed by atoms with Gasteiger partial charge in [-0.25, -0.2) is 9.97 Å². The second-order valence-electron chi connectivity index (χ2n) is 6.04. The largest absolute Gasteiger partial charge is 0.384 e. The highest BCUT2D eigenvalue weighted by Crippen LogP contribution is 2.29. The predicted octanol–water partition coefficient (Wildman–Crippen LogP) is 2.19. The highest BCUT2D eigenvalue weighted by Gasteiger charge is 2.30. The van der Waals surface area contributed by atoms with Crippen molar-refractivity contribution >= 4 is 17.1 Å². The minimum absolute atomic E-state index is 0.172. The van der Waals surface area contributed by atoms with Crippen LogP contribution in [0.5, 0.6) is 0 Å². The fourth-order valence-corrected chi connectivity index (χ4v) is 3.28. The van der Waals surface area contributed by atoms with E-state index >= 15 is 0 Å². The summed E-state index contributed by atoms with van der Waals surface area (Å²) in [6.45, 7) is 5.11. The molecule has 1 aliphatic rings. The van der Waals surface area contributed by atoms with Crippen molar-refractivity contribution in [3.05, 3.63) is 24.2 Å². The van der Waals surface area contributed by atoms with Crippen LogP contribution in [-0.2, 0) is 16.1 Å². The molecule has 0 saturated carbocycles. The van der Waals surface area contributed by atoms with Crippen molar-refractivity contribution in [2.45, 2.75) is 38.6 Å². The van der Waals surface area contributed by atoms with E-state index in [0.29, 0.717) is 18.9 Å². The Hall–Kier alpha value is -1.95. The molecule has 3 heterocycles. The summed E-state index contributed by atoms with van der Waals surface area (Å²) in [6, 6.07) is 3.93. The lowest BCUT2D eigenvalue weighted by Crippen LogP contribution is -2.29. The van der Waals surface area contributed by atoms with Crippen molar-refractivity contribution < 1.29 is 9.53 Å². The van der Waals surface area contributed by atoms with E-state index in [1.54, 1.807) is 7.11 Å². The summed E-state index contributed by atoms with van der Waals surface area (Å²) in [6.07, 6.45) is 4.27. The summed E-state index contributed by atoms with van der Waals surface area (Å²) in [5.41, 5.74) is 1.90. The molecule has 1 amide bonds. The first-order valence-corrected chi connectivity index (χ1v) is 8.32. The van der Waals surface area contributed by atoms with Gasteiger partial charge in [-0.3, -0.25) is 4.79 Å². The van der Waals surface area contributed by atoms with Gasteiger partial charge in [0.1, 0.15) is 11.3 Å². The summed E-state index contributed by atoms with van der Waals surface area (Å²) < 4.78 is 7.23. The second-order valence-corrected chi connectivity index (χ2v) is 6.04. The smallest absolute Gasteiger partial charge is 0.224 e. The van der Waals surface area contributed by atoms with Gasteiger partial charge < -0.3 is 14.2 Å². The fraction of sp³-hybridized carbons (Fsp3) is 0.588. The lowest BCUT2D eigenvalue weighted by atomic mass is 10.1. The van der Waals surface area contributed by atoms with Crippen LogP contribution in [0.1, 0.15) is 37.9 Å². The molecular weight excluding hydrogens is 292 g/mol. The maximum atomic E-state index is 12.2. The molecule has 2 aromatic heterocycles. The summed E-state index contributed by atoms with van der Waals surface area (Å²) >= 11 is 0. The Labute approximate surface area is 136 Å². The second kappa shape index (κ2) is 7.08. The number of hydrogen-bond acceptors (Lipinski definition) is 4. The maximum absolute atomic E-state index is 12.2. The SMILES string of the molecule is CCCn1c([C@@H]2CCN(C(=O)CCOC)C2)nc2cccnc21. The number of fused-ring (bicyclic) bond motifs is 1. The zero-order chi connectivity index (χ0) is 16.2. The predicted molar refractivity (Wildman–Crippen MR) is 88.3 cm³/mol. The van der Waals surface area contributed by atoms with Crippen molar-refractivity contribution in [2.75, 3.05) is 26.8 Å². The van der Waals surface area contributed by atoms with Gasteiger partial charge in [-0.2, -0.15) is 0 Å². The van der Waals surface area contributed by atoms with Crippen molar-refractivity contribution in [1.82, 2.24) is 19.4 Å². The lowest BCUT2D eigenvalue weighted by Gasteiger charge is -2.17. The van der Waals surface area contributed by atoms with Crippen LogP contribution in [-0.4, -0.2) is 52.1 Å². The zero-order valence-electron chi connectivity index (χ0n) is 13.9. The molecule has 0 aromatic carbocycles. The maximum Gasteiger partial charge on any atom is 0.224 e. The average molecular weight is 316 g/mol. The number of hydrogen-bond donors (Lipinski definition) is 0. The molecule has 6 heteroatoms. The Morgan fingerprint density at radius 3 is 3.13 bits per heavy atom. The van der Waals surface area contributed by atoms with Crippen LogP contribution in [0.4, 0.5) is 0 Å². The third kappa shape index (κ3) is 3.22. The third-order valence-corrected chi connectivity index (χ3v) is 4.41. The molecule has 23 heavy (non-hydrogen) atoms. The number of aryl methyl sites for hydroxylation is 1. The number of imidazole rings is 1. The molecule has 1 saturated heterocycles. The van der Waals surface area contributed by atoms with Gasteiger partial charge in [-0.05, 0) is 25.0 Å². The van der Waals surface area contributed by atoms with Crippen LogP contribution in [0.2, 0.25) is 0 Å². The Morgan fingerprint density at radius 1 is 1.48 bits per heavy atom. The van der Waals surface area contributed by atoms with E-state index in [4.69, 9.17) is 9.72 Å². The van der Waals surface area contributed by atoms with E-state index in [0.717, 1.165) is 49.5 Å². The highest BCUT2D eigenvalue weighted by atomic mass is 16.5. The van der Waals surface area contributed by atoms with Crippen LogP contribution < -0.4 is 0 Å². The lowest BCUT2D eigenvalue weighted by molar-refractivity contribution is -0.131. The molecule has 2 aromatic rings. The molecule has 124 valence electrons. The number of amides is 1. The van der Waals surface area contributed by atoms with E-state index in [2.05, 4.69) is 16.5 Å². The summed E-state index contributed by atoms with van der Waals surface area (Å²) in [5, 5.41) is 0. The van der Waals surface area contributed by atoms with Crippen LogP contribution in [0.15, 0.2) is 18.3 Å². The quantitative estimate of drug-likeness (QED) is 0.819. The minimum atomic E-state index is 0.172. The average Bonchev–Trinajstić information content (AvgIpc) is 3.18.